The molecule has 6 rings (SSSR count). The van der Waals surface area contributed by atoms with Crippen molar-refractivity contribution < 1.29 is 37.3 Å². The summed E-state index contributed by atoms with van der Waals surface area (Å²) >= 11 is 0. The third kappa shape index (κ3) is 8.44. The van der Waals surface area contributed by atoms with Gasteiger partial charge in [0.15, 0.2) is 0 Å². The van der Waals surface area contributed by atoms with Gasteiger partial charge in [-0.25, -0.2) is 4.98 Å². The van der Waals surface area contributed by atoms with Gasteiger partial charge < -0.3 is 30.0 Å². The van der Waals surface area contributed by atoms with Gasteiger partial charge in [0.2, 0.25) is 5.95 Å². The van der Waals surface area contributed by atoms with Crippen LogP contribution >= 0.6 is 0 Å². The topological polar surface area (TPSA) is 123 Å². The van der Waals surface area contributed by atoms with Crippen LogP contribution in [-0.2, 0) is 29.0 Å². The Morgan fingerprint density at radius 3 is 2.51 bits per heavy atom. The summed E-state index contributed by atoms with van der Waals surface area (Å²) in [5.41, 5.74) is 10.9. The number of carboxylic acids is 1. The quantitative estimate of drug-likeness (QED) is 0.262. The molecule has 252 valence electrons. The molecule has 1 saturated heterocycles. The molecule has 3 aromatic rings. The van der Waals surface area contributed by atoms with Crippen LogP contribution in [0.15, 0.2) is 42.5 Å². The monoisotopic (exact) mass is 655 g/mol. The first-order valence-electron chi connectivity index (χ1n) is 16.2. The lowest BCUT2D eigenvalue weighted by atomic mass is 9.82. The first kappa shape index (κ1) is 32.8. The Morgan fingerprint density at radius 2 is 1.77 bits per heavy atom. The molecule has 1 aliphatic heterocycles. The number of nitrogens with two attached hydrogens (primary N) is 1. The van der Waals surface area contributed by atoms with Crippen LogP contribution < -0.4 is 20.1 Å². The van der Waals surface area contributed by atoms with E-state index in [1.54, 1.807) is 12.1 Å². The molecule has 0 radical (unpaired) electrons. The van der Waals surface area contributed by atoms with Crippen LogP contribution in [0.3, 0.4) is 0 Å². The summed E-state index contributed by atoms with van der Waals surface area (Å²) in [4.78, 5) is 25.3. The van der Waals surface area contributed by atoms with E-state index in [4.69, 9.17) is 15.2 Å². The standard InChI is InChI=1S/C34H40F3N5O5/c35-34(36,37)47-26-7-4-22(5-8-26)21-46-27-9-11-28-24(19-27)6-10-29-30(28)39-33(38)40-31(29)42-14-12-41(13-15-42)16-17-45-20-23-2-1-3-25(18-23)32(43)44/h4-5,7-9,11,19,23,25H,1-3,6,10,12-18,20-21H2,(H,43,44)(H2,38,39,40)/t23-,25-/m0/s1. The molecular formula is C34H40F3N5O5. The van der Waals surface area contributed by atoms with Gasteiger partial charge in [0, 0.05) is 50.5 Å². The Balaban J connectivity index is 1.02. The van der Waals surface area contributed by atoms with Crippen molar-refractivity contribution in [1.29, 1.82) is 0 Å². The molecule has 2 heterocycles. The van der Waals surface area contributed by atoms with Gasteiger partial charge in [0.1, 0.15) is 23.9 Å². The number of halogens is 3. The van der Waals surface area contributed by atoms with E-state index in [0.717, 1.165) is 98.6 Å². The van der Waals surface area contributed by atoms with Gasteiger partial charge >= 0.3 is 12.3 Å². The Bertz CT molecular complexity index is 1550. The minimum absolute atomic E-state index is 0.201. The zero-order valence-corrected chi connectivity index (χ0v) is 26.2. The summed E-state index contributed by atoms with van der Waals surface area (Å²) in [5, 5.41) is 9.32. The number of nitrogen functional groups attached to an aromatic ring is 1. The highest BCUT2D eigenvalue weighted by Gasteiger charge is 2.31. The number of nitrogens with zero attached hydrogens (tertiary/aromatic N) is 4. The van der Waals surface area contributed by atoms with E-state index in [1.807, 2.05) is 18.2 Å². The molecule has 3 aliphatic rings. The number of fused-ring (bicyclic) bond motifs is 3. The molecule has 10 nitrogen and oxygen atoms in total. The van der Waals surface area contributed by atoms with Gasteiger partial charge in [0.25, 0.3) is 0 Å². The second-order valence-corrected chi connectivity index (χ2v) is 12.5. The normalized spacial score (nSPS) is 19.9. The largest absolute Gasteiger partial charge is 0.573 e. The number of rotatable bonds is 11. The number of aliphatic carboxylic acids is 1. The summed E-state index contributed by atoms with van der Waals surface area (Å²) in [7, 11) is 0. The molecule has 2 fully saturated rings. The number of alkyl halides is 3. The van der Waals surface area contributed by atoms with E-state index >= 15 is 0 Å². The Kier molecular flexibility index (Phi) is 10.0. The maximum atomic E-state index is 12.4. The maximum Gasteiger partial charge on any atom is 0.573 e. The summed E-state index contributed by atoms with van der Waals surface area (Å²) in [6, 6.07) is 11.5. The van der Waals surface area contributed by atoms with Crippen LogP contribution in [0.4, 0.5) is 24.9 Å². The van der Waals surface area contributed by atoms with E-state index in [0.29, 0.717) is 31.3 Å². The molecule has 0 bridgehead atoms. The Morgan fingerprint density at radius 1 is 1.00 bits per heavy atom. The van der Waals surface area contributed by atoms with Crippen LogP contribution in [0.1, 0.15) is 42.4 Å². The summed E-state index contributed by atoms with van der Waals surface area (Å²) in [6.45, 7) is 5.68. The Labute approximate surface area is 271 Å². The van der Waals surface area contributed by atoms with Crippen molar-refractivity contribution in [2.24, 2.45) is 11.8 Å². The van der Waals surface area contributed by atoms with E-state index in [-0.39, 0.29) is 24.2 Å². The lowest BCUT2D eigenvalue weighted by molar-refractivity contribution is -0.274. The molecule has 47 heavy (non-hydrogen) atoms. The third-order valence-electron chi connectivity index (χ3n) is 9.25. The summed E-state index contributed by atoms with van der Waals surface area (Å²) < 4.78 is 53.2. The number of aromatic nitrogens is 2. The van der Waals surface area contributed by atoms with Crippen LogP contribution in [0.25, 0.3) is 11.3 Å². The molecule has 13 heteroatoms. The second kappa shape index (κ2) is 14.3. The SMILES string of the molecule is Nc1nc2c(c(N3CCN(CCOC[C@H]4CCC[C@H](C(=O)O)C4)CC3)n1)CCc1cc(OCc3ccc(OC(F)(F)F)cc3)ccc1-2. The van der Waals surface area contributed by atoms with Crippen LogP contribution in [-0.4, -0.2) is 78.2 Å². The highest BCUT2D eigenvalue weighted by Crippen LogP contribution is 2.39. The number of anilines is 2. The number of benzene rings is 2. The van der Waals surface area contributed by atoms with Crippen LogP contribution in [0.2, 0.25) is 0 Å². The zero-order chi connectivity index (χ0) is 33.0. The number of ether oxygens (including phenoxy) is 3. The van der Waals surface area contributed by atoms with Crippen molar-refractivity contribution in [3.8, 4) is 22.8 Å². The number of piperazine rings is 1. The predicted molar refractivity (Wildman–Crippen MR) is 169 cm³/mol. The van der Waals surface area contributed by atoms with Crippen molar-refractivity contribution in [1.82, 2.24) is 14.9 Å². The van der Waals surface area contributed by atoms with Crippen molar-refractivity contribution >= 4 is 17.7 Å². The lowest BCUT2D eigenvalue weighted by Crippen LogP contribution is -2.48. The molecule has 0 unspecified atom stereocenters. The molecular weight excluding hydrogens is 615 g/mol. The number of hydrogen-bond donors (Lipinski definition) is 2. The lowest BCUT2D eigenvalue weighted by Gasteiger charge is -2.37. The number of aryl methyl sites for hydroxylation is 1. The van der Waals surface area contributed by atoms with Gasteiger partial charge in [-0.1, -0.05) is 18.6 Å². The molecule has 2 aliphatic carbocycles. The van der Waals surface area contributed by atoms with E-state index in [2.05, 4.69) is 24.5 Å². The van der Waals surface area contributed by atoms with Gasteiger partial charge in [-0.2, -0.15) is 4.98 Å². The van der Waals surface area contributed by atoms with E-state index in [9.17, 15) is 23.1 Å². The van der Waals surface area contributed by atoms with Crippen molar-refractivity contribution in [3.05, 3.63) is 59.2 Å². The Hall–Kier alpha value is -4.10. The maximum absolute atomic E-state index is 12.4. The highest BCUT2D eigenvalue weighted by atomic mass is 19.4. The molecule has 3 N–H and O–H groups in total. The number of carboxylic acid groups (broad SMARTS) is 1. The average molecular weight is 656 g/mol. The molecule has 0 spiro atoms. The van der Waals surface area contributed by atoms with Crippen molar-refractivity contribution in [2.75, 3.05) is 56.6 Å². The molecule has 2 aromatic carbocycles. The van der Waals surface area contributed by atoms with Gasteiger partial charge in [-0.3, -0.25) is 9.69 Å². The first-order valence-corrected chi connectivity index (χ1v) is 16.2. The second-order valence-electron chi connectivity index (χ2n) is 12.5. The number of carbonyl (C=O) groups is 1. The molecule has 0 amide bonds. The fraction of sp³-hybridized carbons (Fsp3) is 0.500. The van der Waals surface area contributed by atoms with Gasteiger partial charge in [-0.05, 0) is 79.5 Å². The van der Waals surface area contributed by atoms with Crippen LogP contribution in [0.5, 0.6) is 11.5 Å². The van der Waals surface area contributed by atoms with E-state index < -0.39 is 12.3 Å². The zero-order valence-electron chi connectivity index (χ0n) is 26.2. The minimum Gasteiger partial charge on any atom is -0.489 e. The number of hydrogen-bond acceptors (Lipinski definition) is 9. The van der Waals surface area contributed by atoms with Crippen LogP contribution in [0, 0.1) is 11.8 Å². The minimum atomic E-state index is -4.73. The van der Waals surface area contributed by atoms with E-state index in [1.165, 1.54) is 12.1 Å². The summed E-state index contributed by atoms with van der Waals surface area (Å²) in [5.74, 6) is 0.917. The fourth-order valence-electron chi connectivity index (χ4n) is 6.81. The van der Waals surface area contributed by atoms with Crippen molar-refractivity contribution in [2.45, 2.75) is 51.5 Å². The van der Waals surface area contributed by atoms with Gasteiger partial charge in [-0.15, -0.1) is 13.2 Å². The average Bonchev–Trinajstić information content (AvgIpc) is 3.05. The molecule has 1 saturated carbocycles. The first-order chi connectivity index (χ1) is 22.6. The fourth-order valence-corrected chi connectivity index (χ4v) is 6.81. The molecule has 2 atom stereocenters. The molecule has 1 aromatic heterocycles. The predicted octanol–water partition coefficient (Wildman–Crippen LogP) is 5.33. The summed E-state index contributed by atoms with van der Waals surface area (Å²) in [6.07, 6.45) is 0.307. The van der Waals surface area contributed by atoms with Gasteiger partial charge in [0.05, 0.1) is 18.2 Å². The highest BCUT2D eigenvalue weighted by molar-refractivity contribution is 5.76. The smallest absolute Gasteiger partial charge is 0.489 e. The van der Waals surface area contributed by atoms with Crippen molar-refractivity contribution in [3.63, 3.8) is 0 Å². The third-order valence-corrected chi connectivity index (χ3v) is 9.25.